The van der Waals surface area contributed by atoms with E-state index in [0.717, 1.165) is 5.56 Å². The lowest BCUT2D eigenvalue weighted by molar-refractivity contribution is -0.136. The molecule has 4 heteroatoms. The van der Waals surface area contributed by atoms with E-state index >= 15 is 0 Å². The first-order valence-electron chi connectivity index (χ1n) is 4.94. The van der Waals surface area contributed by atoms with Crippen LogP contribution in [0.4, 0.5) is 0 Å². The molecule has 0 aliphatic rings. The van der Waals surface area contributed by atoms with Crippen molar-refractivity contribution in [2.75, 3.05) is 5.88 Å². The monoisotopic (exact) mass is 240 g/mol. The summed E-state index contributed by atoms with van der Waals surface area (Å²) >= 11 is 5.50. The Kier molecular flexibility index (Phi) is 4.50. The highest BCUT2D eigenvalue weighted by Crippen LogP contribution is 2.13. The second-order valence-electron chi connectivity index (χ2n) is 3.64. The molecule has 0 saturated heterocycles. The van der Waals surface area contributed by atoms with Gasteiger partial charge in [-0.3, -0.25) is 9.59 Å². The van der Waals surface area contributed by atoms with Crippen LogP contribution in [-0.2, 0) is 11.2 Å². The minimum Gasteiger partial charge on any atom is -0.481 e. The van der Waals surface area contributed by atoms with Crippen LogP contribution >= 0.6 is 11.6 Å². The Bertz CT molecular complexity index is 413. The van der Waals surface area contributed by atoms with Gasteiger partial charge in [0.05, 0.1) is 6.42 Å². The summed E-state index contributed by atoms with van der Waals surface area (Å²) in [5.41, 5.74) is 2.07. The van der Waals surface area contributed by atoms with Crippen LogP contribution in [0.5, 0.6) is 0 Å². The molecular weight excluding hydrogens is 228 g/mol. The van der Waals surface area contributed by atoms with Crippen LogP contribution in [0.2, 0.25) is 0 Å². The number of ketones is 1. The van der Waals surface area contributed by atoms with Crippen molar-refractivity contribution in [2.45, 2.75) is 19.8 Å². The second-order valence-corrected chi connectivity index (χ2v) is 4.02. The summed E-state index contributed by atoms with van der Waals surface area (Å²) in [4.78, 5) is 22.2. The lowest BCUT2D eigenvalue weighted by Gasteiger charge is -2.04. The van der Waals surface area contributed by atoms with Gasteiger partial charge in [0.1, 0.15) is 0 Å². The predicted molar refractivity (Wildman–Crippen MR) is 62.2 cm³/mol. The minimum absolute atomic E-state index is 0.0506. The van der Waals surface area contributed by atoms with Gasteiger partial charge in [-0.15, -0.1) is 11.6 Å². The molecule has 0 saturated carbocycles. The average molecular weight is 241 g/mol. The SMILES string of the molecule is Cc1cc(CC(=O)O)cc(C(=O)CCCl)c1. The molecule has 0 unspecified atom stereocenters. The zero-order valence-corrected chi connectivity index (χ0v) is 9.75. The van der Waals surface area contributed by atoms with Crippen molar-refractivity contribution >= 4 is 23.4 Å². The summed E-state index contributed by atoms with van der Waals surface area (Å²) in [6.45, 7) is 1.84. The van der Waals surface area contributed by atoms with Crippen LogP contribution in [0.15, 0.2) is 18.2 Å². The maximum Gasteiger partial charge on any atom is 0.307 e. The molecule has 0 atom stereocenters. The molecule has 0 bridgehead atoms. The number of hydrogen-bond donors (Lipinski definition) is 1. The number of benzene rings is 1. The van der Waals surface area contributed by atoms with Crippen LogP contribution in [-0.4, -0.2) is 22.7 Å². The quantitative estimate of drug-likeness (QED) is 0.635. The fourth-order valence-corrected chi connectivity index (χ4v) is 1.70. The van der Waals surface area contributed by atoms with Gasteiger partial charge in [0, 0.05) is 17.9 Å². The number of carbonyl (C=O) groups is 2. The number of aliphatic carboxylic acids is 1. The van der Waals surface area contributed by atoms with Gasteiger partial charge in [-0.1, -0.05) is 11.6 Å². The Hall–Kier alpha value is -1.35. The highest BCUT2D eigenvalue weighted by atomic mass is 35.5. The summed E-state index contributed by atoms with van der Waals surface area (Å²) < 4.78 is 0. The normalized spacial score (nSPS) is 10.1. The average Bonchev–Trinajstić information content (AvgIpc) is 2.15. The summed E-state index contributed by atoms with van der Waals surface area (Å²) in [6, 6.07) is 5.14. The molecule has 1 rings (SSSR count). The van der Waals surface area contributed by atoms with Crippen molar-refractivity contribution in [1.82, 2.24) is 0 Å². The number of carboxylic acids is 1. The molecule has 0 spiro atoms. The molecule has 1 aromatic rings. The molecule has 86 valence electrons. The molecule has 1 aromatic carbocycles. The van der Waals surface area contributed by atoms with Crippen molar-refractivity contribution in [3.05, 3.63) is 34.9 Å². The second kappa shape index (κ2) is 5.66. The molecule has 3 nitrogen and oxygen atoms in total. The smallest absolute Gasteiger partial charge is 0.307 e. The highest BCUT2D eigenvalue weighted by molar-refractivity contribution is 6.19. The topological polar surface area (TPSA) is 54.4 Å². The summed E-state index contributed by atoms with van der Waals surface area (Å²) in [5, 5.41) is 8.68. The predicted octanol–water partition coefficient (Wildman–Crippen LogP) is 2.43. The minimum atomic E-state index is -0.902. The first-order chi connectivity index (χ1) is 7.52. The third-order valence-corrected chi connectivity index (χ3v) is 2.32. The van der Waals surface area contributed by atoms with E-state index in [-0.39, 0.29) is 24.5 Å². The van der Waals surface area contributed by atoms with Crippen molar-refractivity contribution in [3.63, 3.8) is 0 Å². The first-order valence-corrected chi connectivity index (χ1v) is 5.48. The Morgan fingerprint density at radius 1 is 1.31 bits per heavy atom. The lowest BCUT2D eigenvalue weighted by atomic mass is 10.0. The van der Waals surface area contributed by atoms with Crippen molar-refractivity contribution in [2.24, 2.45) is 0 Å². The summed E-state index contributed by atoms with van der Waals surface area (Å²) in [5.74, 6) is -0.673. The maximum atomic E-state index is 11.6. The third-order valence-electron chi connectivity index (χ3n) is 2.14. The number of carbonyl (C=O) groups excluding carboxylic acids is 1. The van der Waals surface area contributed by atoms with Crippen molar-refractivity contribution in [3.8, 4) is 0 Å². The Morgan fingerprint density at radius 2 is 2.00 bits per heavy atom. The summed E-state index contributed by atoms with van der Waals surface area (Å²) in [7, 11) is 0. The van der Waals surface area contributed by atoms with Crippen molar-refractivity contribution in [1.29, 1.82) is 0 Å². The van der Waals surface area contributed by atoms with Crippen LogP contribution in [0, 0.1) is 6.92 Å². The molecule has 1 N–H and O–H groups in total. The fourth-order valence-electron chi connectivity index (χ4n) is 1.53. The first kappa shape index (κ1) is 12.7. The molecule has 0 radical (unpaired) electrons. The van der Waals surface area contributed by atoms with Gasteiger partial charge in [-0.25, -0.2) is 0 Å². The summed E-state index contributed by atoms with van der Waals surface area (Å²) in [6.07, 6.45) is 0.209. The Morgan fingerprint density at radius 3 is 2.56 bits per heavy atom. The zero-order chi connectivity index (χ0) is 12.1. The molecule has 0 aliphatic heterocycles. The molecule has 0 amide bonds. The van der Waals surface area contributed by atoms with E-state index < -0.39 is 5.97 Å². The van der Waals surface area contributed by atoms with Gasteiger partial charge in [-0.2, -0.15) is 0 Å². The highest BCUT2D eigenvalue weighted by Gasteiger charge is 2.08. The fraction of sp³-hybridized carbons (Fsp3) is 0.333. The van der Waals surface area contributed by atoms with Gasteiger partial charge >= 0.3 is 5.97 Å². The van der Waals surface area contributed by atoms with E-state index in [9.17, 15) is 9.59 Å². The lowest BCUT2D eigenvalue weighted by Crippen LogP contribution is -2.05. The molecule has 0 heterocycles. The molecule has 0 fully saturated rings. The van der Waals surface area contributed by atoms with Gasteiger partial charge < -0.3 is 5.11 Å². The number of halogens is 1. The molecule has 16 heavy (non-hydrogen) atoms. The molecule has 0 aliphatic carbocycles. The van der Waals surface area contributed by atoms with Crippen LogP contribution in [0.3, 0.4) is 0 Å². The third kappa shape index (κ3) is 3.66. The largest absolute Gasteiger partial charge is 0.481 e. The number of alkyl halides is 1. The van der Waals surface area contributed by atoms with Gasteiger partial charge in [-0.05, 0) is 24.6 Å². The zero-order valence-electron chi connectivity index (χ0n) is 9.00. The molecular formula is C12H13ClO3. The van der Waals surface area contributed by atoms with Gasteiger partial charge in [0.15, 0.2) is 5.78 Å². The Labute approximate surface area is 99.0 Å². The standard InChI is InChI=1S/C12H13ClO3/c1-8-4-9(7-12(15)16)6-10(5-8)11(14)2-3-13/h4-6H,2-3,7H2,1H3,(H,15,16). The van der Waals surface area contributed by atoms with E-state index in [4.69, 9.17) is 16.7 Å². The van der Waals surface area contributed by atoms with Crippen LogP contribution in [0.1, 0.15) is 27.9 Å². The number of carboxylic acid groups (broad SMARTS) is 1. The van der Waals surface area contributed by atoms with Gasteiger partial charge in [0.2, 0.25) is 0 Å². The van der Waals surface area contributed by atoms with E-state index in [1.807, 2.05) is 6.92 Å². The van der Waals surface area contributed by atoms with E-state index in [0.29, 0.717) is 11.1 Å². The number of aryl methyl sites for hydroxylation is 1. The maximum absolute atomic E-state index is 11.6. The van der Waals surface area contributed by atoms with Crippen LogP contribution < -0.4 is 0 Å². The van der Waals surface area contributed by atoms with Gasteiger partial charge in [0.25, 0.3) is 0 Å². The number of Topliss-reactive ketones (excluding diaryl/α,β-unsaturated/α-hetero) is 1. The van der Waals surface area contributed by atoms with Crippen LogP contribution in [0.25, 0.3) is 0 Å². The molecule has 0 aromatic heterocycles. The van der Waals surface area contributed by atoms with Crippen molar-refractivity contribution < 1.29 is 14.7 Å². The Balaban J connectivity index is 2.97. The number of hydrogen-bond acceptors (Lipinski definition) is 2. The number of rotatable bonds is 5. The van der Waals surface area contributed by atoms with E-state index in [2.05, 4.69) is 0 Å². The van der Waals surface area contributed by atoms with E-state index in [1.54, 1.807) is 18.2 Å². The van der Waals surface area contributed by atoms with E-state index in [1.165, 1.54) is 0 Å².